The average molecular weight is 587 g/mol. The summed E-state index contributed by atoms with van der Waals surface area (Å²) in [5.74, 6) is -2.01. The van der Waals surface area contributed by atoms with Crippen molar-refractivity contribution in [2.75, 3.05) is 18.1 Å². The number of aliphatic hydroxyl groups excluding tert-OH is 4. The summed E-state index contributed by atoms with van der Waals surface area (Å²) in [5, 5.41) is 42.8. The Bertz CT molecular complexity index is 1570. The van der Waals surface area contributed by atoms with Crippen LogP contribution in [0.1, 0.15) is 12.5 Å². The fraction of sp³-hybridized carbons (Fsp3) is 0.526. The molecule has 5 heterocycles. The summed E-state index contributed by atoms with van der Waals surface area (Å²) in [6.45, 7) is -0.842. The number of aromatic amines is 1. The largest absolute Gasteiger partial charge is 0.756 e. The molecule has 0 bridgehead atoms. The molecule has 0 saturated carbocycles. The maximum atomic E-state index is 12.3. The zero-order valence-corrected chi connectivity index (χ0v) is 21.0. The number of hydrogen-bond donors (Lipinski definition) is 8. The van der Waals surface area contributed by atoms with Crippen molar-refractivity contribution in [2.45, 2.75) is 49.1 Å². The van der Waals surface area contributed by atoms with Crippen molar-refractivity contribution >= 4 is 30.8 Å². The number of rotatable bonds is 7. The van der Waals surface area contributed by atoms with Crippen LogP contribution in [-0.4, -0.2) is 97.6 Å². The highest BCUT2D eigenvalue weighted by atomic mass is 31.2. The second-order valence-corrected chi connectivity index (χ2v) is 10.3. The zero-order chi connectivity index (χ0) is 29.1. The summed E-state index contributed by atoms with van der Waals surface area (Å²) < 4.78 is 29.9. The van der Waals surface area contributed by atoms with Gasteiger partial charge >= 0.3 is 5.69 Å². The van der Waals surface area contributed by atoms with Crippen LogP contribution in [0.3, 0.4) is 0 Å². The van der Waals surface area contributed by atoms with Crippen LogP contribution in [0.25, 0.3) is 11.2 Å². The molecule has 2 saturated heterocycles. The van der Waals surface area contributed by atoms with E-state index >= 15 is 0 Å². The van der Waals surface area contributed by atoms with E-state index in [-0.39, 0.29) is 22.9 Å². The third-order valence-corrected chi connectivity index (χ3v) is 7.20. The zero-order valence-electron chi connectivity index (χ0n) is 20.1. The maximum absolute atomic E-state index is 12.3. The predicted octanol–water partition coefficient (Wildman–Crippen LogP) is -5.13. The van der Waals surface area contributed by atoms with Gasteiger partial charge in [-0.1, -0.05) is 0 Å². The van der Waals surface area contributed by atoms with Gasteiger partial charge in [0, 0.05) is 12.1 Å². The first-order chi connectivity index (χ1) is 18.8. The Labute approximate surface area is 221 Å². The van der Waals surface area contributed by atoms with E-state index in [4.69, 9.17) is 25.5 Å². The van der Waals surface area contributed by atoms with Gasteiger partial charge in [0.25, 0.3) is 13.4 Å². The molecule has 0 amide bonds. The SMILES string of the molecule is Nc1ccn(C2OC(C(OP(=O)([O-])O)C3C(CO)OC(n4cnc5c(=O)[nH]c(N)nc54)C3O)C(O)C2O)c(=O)n1. The van der Waals surface area contributed by atoms with Gasteiger partial charge in [-0.25, -0.2) is 9.78 Å². The van der Waals surface area contributed by atoms with Crippen LogP contribution in [0.15, 0.2) is 28.2 Å². The highest BCUT2D eigenvalue weighted by Gasteiger charge is 2.57. The second-order valence-electron chi connectivity index (χ2n) is 9.14. The molecule has 10 N–H and O–H groups in total. The van der Waals surface area contributed by atoms with Crippen molar-refractivity contribution in [1.82, 2.24) is 29.1 Å². The number of aliphatic hydroxyl groups is 4. The third kappa shape index (κ3) is 4.90. The molecule has 20 nitrogen and oxygen atoms in total. The van der Waals surface area contributed by atoms with E-state index < -0.39 is 80.7 Å². The lowest BCUT2D eigenvalue weighted by Gasteiger charge is -2.36. The molecule has 21 heteroatoms. The van der Waals surface area contributed by atoms with Crippen molar-refractivity contribution in [3.05, 3.63) is 39.4 Å². The Morgan fingerprint density at radius 2 is 1.82 bits per heavy atom. The number of aromatic nitrogens is 6. The Kier molecular flexibility index (Phi) is 7.25. The Morgan fingerprint density at radius 1 is 1.12 bits per heavy atom. The number of nitrogens with zero attached hydrogens (tertiary/aromatic N) is 5. The van der Waals surface area contributed by atoms with E-state index in [1.807, 2.05) is 0 Å². The highest BCUT2D eigenvalue weighted by Crippen LogP contribution is 2.47. The van der Waals surface area contributed by atoms with Crippen LogP contribution in [0.2, 0.25) is 0 Å². The van der Waals surface area contributed by atoms with E-state index in [1.54, 1.807) is 0 Å². The van der Waals surface area contributed by atoms with Crippen molar-refractivity contribution < 1.29 is 48.8 Å². The summed E-state index contributed by atoms with van der Waals surface area (Å²) in [7, 11) is -5.64. The number of imidazole rings is 1. The number of fused-ring (bicyclic) bond motifs is 1. The quantitative estimate of drug-likeness (QED) is 0.120. The molecule has 10 atom stereocenters. The minimum absolute atomic E-state index is 0.125. The summed E-state index contributed by atoms with van der Waals surface area (Å²) in [5.41, 5.74) is 9.10. The summed E-state index contributed by atoms with van der Waals surface area (Å²) in [4.78, 5) is 59.5. The maximum Gasteiger partial charge on any atom is 0.351 e. The minimum atomic E-state index is -5.64. The van der Waals surface area contributed by atoms with E-state index in [2.05, 4.69) is 19.9 Å². The predicted molar refractivity (Wildman–Crippen MR) is 127 cm³/mol. The van der Waals surface area contributed by atoms with Gasteiger partial charge in [0.1, 0.15) is 36.3 Å². The monoisotopic (exact) mass is 587 g/mol. The third-order valence-electron chi connectivity index (χ3n) is 6.69. The first-order valence-electron chi connectivity index (χ1n) is 11.6. The van der Waals surface area contributed by atoms with Gasteiger partial charge < -0.3 is 55.7 Å². The van der Waals surface area contributed by atoms with Gasteiger partial charge in [-0.2, -0.15) is 9.97 Å². The molecular weight excluding hydrogens is 563 g/mol. The van der Waals surface area contributed by atoms with Gasteiger partial charge in [-0.3, -0.25) is 23.5 Å². The number of nitrogens with one attached hydrogen (secondary N) is 1. The summed E-state index contributed by atoms with van der Waals surface area (Å²) in [6.07, 6.45) is -11.8. The number of ether oxygens (including phenoxy) is 2. The minimum Gasteiger partial charge on any atom is -0.756 e. The second kappa shape index (κ2) is 10.3. The smallest absolute Gasteiger partial charge is 0.351 e. The van der Waals surface area contributed by atoms with Crippen molar-refractivity contribution in [2.24, 2.45) is 5.92 Å². The topological polar surface area (TPSA) is 319 Å². The fourth-order valence-corrected chi connectivity index (χ4v) is 5.57. The summed E-state index contributed by atoms with van der Waals surface area (Å²) >= 11 is 0. The van der Waals surface area contributed by atoms with E-state index in [0.717, 1.165) is 21.7 Å². The number of H-pyrrole nitrogens is 1. The van der Waals surface area contributed by atoms with Gasteiger partial charge in [0.2, 0.25) is 5.95 Å². The lowest BCUT2D eigenvalue weighted by atomic mass is 9.87. The molecule has 3 aromatic heterocycles. The Morgan fingerprint density at radius 3 is 2.48 bits per heavy atom. The van der Waals surface area contributed by atoms with Crippen LogP contribution < -0.4 is 27.6 Å². The van der Waals surface area contributed by atoms with Crippen LogP contribution >= 0.6 is 7.82 Å². The molecule has 5 rings (SSSR count). The number of nitrogen functional groups attached to an aromatic ring is 2. The highest BCUT2D eigenvalue weighted by molar-refractivity contribution is 7.44. The molecule has 2 aliphatic rings. The lowest BCUT2D eigenvalue weighted by Crippen LogP contribution is -2.50. The van der Waals surface area contributed by atoms with E-state index in [1.165, 1.54) is 6.07 Å². The Hall–Kier alpha value is -3.30. The molecule has 2 fully saturated rings. The first-order valence-corrected chi connectivity index (χ1v) is 13.1. The van der Waals surface area contributed by atoms with Crippen LogP contribution in [0, 0.1) is 5.92 Å². The first kappa shape index (κ1) is 28.2. The van der Waals surface area contributed by atoms with Gasteiger partial charge in [0.05, 0.1) is 19.0 Å². The van der Waals surface area contributed by atoms with Crippen molar-refractivity contribution in [3.8, 4) is 0 Å². The molecule has 0 radical (unpaired) electrons. The molecular formula is C19H24N8O12P-. The van der Waals surface area contributed by atoms with Gasteiger partial charge in [-0.05, 0) is 6.07 Å². The fourth-order valence-electron chi connectivity index (χ4n) is 5.00. The molecule has 0 spiro atoms. The van der Waals surface area contributed by atoms with Crippen LogP contribution in [0.4, 0.5) is 11.8 Å². The molecule has 2 aliphatic heterocycles. The number of phosphoric acid groups is 1. The van der Waals surface area contributed by atoms with Gasteiger partial charge in [-0.15, -0.1) is 0 Å². The standard InChI is InChI=1S/C19H25N8O12P/c20-6-1-2-26(19(33)23-6)17-11(31)10(30)13(38-17)12(39-40(34,35)36)7-5(3-28)37-16(9(7)29)27-4-22-8-14(27)24-18(21)25-15(8)32/h1-2,4-5,7,9-13,16-17,28-31H,3H2,(H2,20,23,33)(H2,34,35,36)(H3,21,24,25,32)/p-1. The molecule has 218 valence electrons. The molecule has 10 unspecified atom stereocenters. The molecule has 40 heavy (non-hydrogen) atoms. The molecule has 0 aliphatic carbocycles. The van der Waals surface area contributed by atoms with Crippen molar-refractivity contribution in [1.29, 1.82) is 0 Å². The van der Waals surface area contributed by atoms with Gasteiger partial charge in [0.15, 0.2) is 23.6 Å². The van der Waals surface area contributed by atoms with E-state index in [0.29, 0.717) is 0 Å². The molecule has 0 aromatic carbocycles. The average Bonchev–Trinajstić information content (AvgIpc) is 3.51. The Balaban J connectivity index is 1.53. The summed E-state index contributed by atoms with van der Waals surface area (Å²) in [6, 6.07) is 1.20. The van der Waals surface area contributed by atoms with Crippen molar-refractivity contribution in [3.63, 3.8) is 0 Å². The lowest BCUT2D eigenvalue weighted by molar-refractivity contribution is -0.235. The molecule has 3 aromatic rings. The van der Waals surface area contributed by atoms with Crippen LogP contribution in [-0.2, 0) is 18.6 Å². The number of phosphoric ester groups is 1. The number of anilines is 2. The number of hydrogen-bond acceptors (Lipinski definition) is 16. The van der Waals surface area contributed by atoms with Crippen LogP contribution in [0.5, 0.6) is 0 Å². The number of nitrogens with two attached hydrogens (primary N) is 2. The normalized spacial score (nSPS) is 32.9. The van der Waals surface area contributed by atoms with E-state index in [9.17, 15) is 44.4 Å².